The van der Waals surface area contributed by atoms with Crippen molar-refractivity contribution in [1.82, 2.24) is 4.98 Å². The van der Waals surface area contributed by atoms with Crippen molar-refractivity contribution in [2.45, 2.75) is 0 Å². The van der Waals surface area contributed by atoms with E-state index in [9.17, 15) is 10.1 Å². The average Bonchev–Trinajstić information content (AvgIpc) is 2.68. The number of aromatic nitrogens is 1. The summed E-state index contributed by atoms with van der Waals surface area (Å²) in [7, 11) is 0. The Morgan fingerprint density at radius 1 is 0.889 bits per heavy atom. The highest BCUT2D eigenvalue weighted by Crippen LogP contribution is 2.33. The van der Waals surface area contributed by atoms with Crippen molar-refractivity contribution in [3.63, 3.8) is 0 Å². The monoisotopic (exact) mass is 358 g/mol. The fraction of sp³-hybridized carbons (Fsp3) is 0. The molecule has 2 aromatic carbocycles. The molecule has 1 heterocycles. The molecular formula is C19H10N4O4. The van der Waals surface area contributed by atoms with Gasteiger partial charge in [0.15, 0.2) is 0 Å². The van der Waals surface area contributed by atoms with Gasteiger partial charge in [0.05, 0.1) is 28.2 Å². The Morgan fingerprint density at radius 3 is 2.04 bits per heavy atom. The van der Waals surface area contributed by atoms with Crippen LogP contribution in [0.15, 0.2) is 60.7 Å². The van der Waals surface area contributed by atoms with Crippen molar-refractivity contribution in [1.29, 1.82) is 10.5 Å². The topological polar surface area (TPSA) is 122 Å². The van der Waals surface area contributed by atoms with Crippen LogP contribution in [0.25, 0.3) is 0 Å². The number of hydrogen-bond donors (Lipinski definition) is 0. The molecule has 0 atom stereocenters. The first-order valence-corrected chi connectivity index (χ1v) is 7.60. The summed E-state index contributed by atoms with van der Waals surface area (Å²) in [6, 6.07) is 19.1. The summed E-state index contributed by atoms with van der Waals surface area (Å²) in [5.41, 5.74) is 0.394. The van der Waals surface area contributed by atoms with Crippen LogP contribution >= 0.6 is 0 Å². The van der Waals surface area contributed by atoms with Crippen molar-refractivity contribution in [3.05, 3.63) is 81.9 Å². The number of benzene rings is 2. The summed E-state index contributed by atoms with van der Waals surface area (Å²) >= 11 is 0. The molecule has 8 nitrogen and oxygen atoms in total. The summed E-state index contributed by atoms with van der Waals surface area (Å²) in [4.78, 5) is 14.7. The first kappa shape index (κ1) is 17.4. The third-order valence-corrected chi connectivity index (χ3v) is 3.37. The first-order chi connectivity index (χ1) is 13.1. The van der Waals surface area contributed by atoms with E-state index < -0.39 is 4.92 Å². The van der Waals surface area contributed by atoms with Gasteiger partial charge in [-0.1, -0.05) is 12.1 Å². The van der Waals surface area contributed by atoms with Crippen LogP contribution in [0.2, 0.25) is 0 Å². The van der Waals surface area contributed by atoms with Gasteiger partial charge in [-0.3, -0.25) is 10.1 Å². The van der Waals surface area contributed by atoms with Crippen molar-refractivity contribution in [3.8, 4) is 35.4 Å². The van der Waals surface area contributed by atoms with Crippen molar-refractivity contribution in [2.24, 2.45) is 0 Å². The number of ether oxygens (including phenoxy) is 2. The van der Waals surface area contributed by atoms with Crippen LogP contribution in [0.1, 0.15) is 11.1 Å². The molecule has 1 aromatic heterocycles. The largest absolute Gasteiger partial charge is 0.439 e. The number of nitriles is 2. The lowest BCUT2D eigenvalue weighted by atomic mass is 10.2. The number of pyridine rings is 1. The highest BCUT2D eigenvalue weighted by Gasteiger charge is 2.19. The molecule has 0 radical (unpaired) electrons. The molecule has 0 saturated carbocycles. The molecule has 3 rings (SSSR count). The van der Waals surface area contributed by atoms with Gasteiger partial charge in [0.25, 0.3) is 0 Å². The lowest BCUT2D eigenvalue weighted by Gasteiger charge is -2.09. The second kappa shape index (κ2) is 7.64. The maximum atomic E-state index is 11.2. The standard InChI is InChI=1S/C19H10N4O4/c20-11-13-3-1-5-15(9-13)26-18-8-7-17(23(24)25)19(22-18)27-16-6-2-4-14(10-16)12-21/h1-10H. The molecule has 3 aromatic rings. The Bertz CT molecular complexity index is 1100. The van der Waals surface area contributed by atoms with E-state index in [1.54, 1.807) is 36.4 Å². The maximum absolute atomic E-state index is 11.2. The van der Waals surface area contributed by atoms with E-state index in [1.807, 2.05) is 12.1 Å². The minimum absolute atomic E-state index is 0.0575. The second-order valence-corrected chi connectivity index (χ2v) is 5.21. The van der Waals surface area contributed by atoms with E-state index in [4.69, 9.17) is 20.0 Å². The summed E-state index contributed by atoms with van der Waals surface area (Å²) in [6.07, 6.45) is 0. The van der Waals surface area contributed by atoms with Crippen LogP contribution in [0.5, 0.6) is 23.3 Å². The summed E-state index contributed by atoms with van der Waals surface area (Å²) in [5, 5.41) is 29.1. The Kier molecular flexibility index (Phi) is 4.92. The van der Waals surface area contributed by atoms with Gasteiger partial charge in [0.2, 0.25) is 5.88 Å². The van der Waals surface area contributed by atoms with Crippen LogP contribution in [-0.4, -0.2) is 9.91 Å². The Hall–Kier alpha value is -4.43. The molecule has 0 spiro atoms. The predicted molar refractivity (Wildman–Crippen MR) is 93.4 cm³/mol. The number of rotatable bonds is 5. The van der Waals surface area contributed by atoms with Crippen LogP contribution in [0.4, 0.5) is 5.69 Å². The van der Waals surface area contributed by atoms with E-state index in [0.717, 1.165) is 0 Å². The normalized spacial score (nSPS) is 9.70. The van der Waals surface area contributed by atoms with E-state index in [2.05, 4.69) is 4.98 Å². The molecule has 0 aliphatic carbocycles. The van der Waals surface area contributed by atoms with Gasteiger partial charge in [-0.15, -0.1) is 0 Å². The van der Waals surface area contributed by atoms with Crippen LogP contribution in [0, 0.1) is 32.8 Å². The predicted octanol–water partition coefficient (Wildman–Crippen LogP) is 4.32. The van der Waals surface area contributed by atoms with Gasteiger partial charge in [-0.05, 0) is 36.4 Å². The Balaban J connectivity index is 1.94. The zero-order chi connectivity index (χ0) is 19.2. The minimum atomic E-state index is -0.628. The quantitative estimate of drug-likeness (QED) is 0.491. The first-order valence-electron chi connectivity index (χ1n) is 7.60. The summed E-state index contributed by atoms with van der Waals surface area (Å²) in [6.45, 7) is 0. The second-order valence-electron chi connectivity index (χ2n) is 5.21. The highest BCUT2D eigenvalue weighted by atomic mass is 16.6. The van der Waals surface area contributed by atoms with Gasteiger partial charge >= 0.3 is 11.6 Å². The van der Waals surface area contributed by atoms with Gasteiger partial charge in [0, 0.05) is 12.1 Å². The molecule has 0 aliphatic rings. The van der Waals surface area contributed by atoms with E-state index in [-0.39, 0.29) is 23.2 Å². The zero-order valence-electron chi connectivity index (χ0n) is 13.7. The smallest absolute Gasteiger partial charge is 0.331 e. The maximum Gasteiger partial charge on any atom is 0.331 e. The summed E-state index contributed by atoms with van der Waals surface area (Å²) < 4.78 is 11.1. The molecule has 8 heteroatoms. The van der Waals surface area contributed by atoms with Gasteiger partial charge in [0.1, 0.15) is 11.5 Å². The highest BCUT2D eigenvalue weighted by molar-refractivity contribution is 5.47. The molecule has 0 saturated heterocycles. The van der Waals surface area contributed by atoms with Crippen molar-refractivity contribution < 1.29 is 14.4 Å². The van der Waals surface area contributed by atoms with E-state index in [1.165, 1.54) is 24.3 Å². The third-order valence-electron chi connectivity index (χ3n) is 3.37. The lowest BCUT2D eigenvalue weighted by molar-refractivity contribution is -0.386. The Labute approximate surface area is 153 Å². The van der Waals surface area contributed by atoms with Gasteiger partial charge < -0.3 is 9.47 Å². The lowest BCUT2D eigenvalue weighted by Crippen LogP contribution is -1.98. The van der Waals surface area contributed by atoms with Gasteiger partial charge in [-0.2, -0.15) is 15.5 Å². The molecule has 0 aliphatic heterocycles. The molecule has 0 N–H and O–H groups in total. The molecule has 130 valence electrons. The molecule has 27 heavy (non-hydrogen) atoms. The number of nitro groups is 1. The molecule has 0 fully saturated rings. The van der Waals surface area contributed by atoms with Crippen LogP contribution in [0.3, 0.4) is 0 Å². The fourth-order valence-electron chi connectivity index (χ4n) is 2.18. The molecule has 0 amide bonds. The van der Waals surface area contributed by atoms with Crippen LogP contribution in [-0.2, 0) is 0 Å². The fourth-order valence-corrected chi connectivity index (χ4v) is 2.18. The average molecular weight is 358 g/mol. The Morgan fingerprint density at radius 2 is 1.48 bits per heavy atom. The minimum Gasteiger partial charge on any atom is -0.439 e. The van der Waals surface area contributed by atoms with Crippen LogP contribution < -0.4 is 9.47 Å². The van der Waals surface area contributed by atoms with Gasteiger partial charge in [-0.25, -0.2) is 0 Å². The third kappa shape index (κ3) is 4.16. The van der Waals surface area contributed by atoms with Crippen molar-refractivity contribution in [2.75, 3.05) is 0 Å². The van der Waals surface area contributed by atoms with Crippen molar-refractivity contribution >= 4 is 5.69 Å². The molecular weight excluding hydrogens is 348 g/mol. The van der Waals surface area contributed by atoms with E-state index >= 15 is 0 Å². The SMILES string of the molecule is N#Cc1cccc(Oc2ccc([N+](=O)[O-])c(Oc3cccc(C#N)c3)n2)c1. The summed E-state index contributed by atoms with van der Waals surface area (Å²) in [5.74, 6) is 0.368. The molecule has 0 bridgehead atoms. The molecule has 0 unspecified atom stereocenters. The zero-order valence-corrected chi connectivity index (χ0v) is 13.7. The number of nitrogens with zero attached hydrogens (tertiary/aromatic N) is 4. The number of hydrogen-bond acceptors (Lipinski definition) is 7. The van der Waals surface area contributed by atoms with E-state index in [0.29, 0.717) is 16.9 Å².